The van der Waals surface area contributed by atoms with Crippen molar-refractivity contribution >= 4 is 17.5 Å². The molecule has 3 aromatic rings. The molecule has 0 radical (unpaired) electrons. The lowest BCUT2D eigenvalue weighted by Gasteiger charge is -2.22. The van der Waals surface area contributed by atoms with Crippen molar-refractivity contribution in [1.82, 2.24) is 4.98 Å². The van der Waals surface area contributed by atoms with Crippen molar-refractivity contribution in [2.24, 2.45) is 0 Å². The summed E-state index contributed by atoms with van der Waals surface area (Å²) in [5.74, 6) is 0.475. The third-order valence-corrected chi connectivity index (χ3v) is 7.17. The van der Waals surface area contributed by atoms with E-state index in [-0.39, 0.29) is 17.3 Å². The summed E-state index contributed by atoms with van der Waals surface area (Å²) in [7, 11) is 0. The van der Waals surface area contributed by atoms with Crippen molar-refractivity contribution in [3.63, 3.8) is 0 Å². The molecule has 1 N–H and O–H groups in total. The van der Waals surface area contributed by atoms with Gasteiger partial charge in [-0.05, 0) is 92.5 Å². The van der Waals surface area contributed by atoms with Gasteiger partial charge in [0.15, 0.2) is 5.78 Å². The summed E-state index contributed by atoms with van der Waals surface area (Å²) < 4.78 is 0. The highest BCUT2D eigenvalue weighted by atomic mass is 32.2. The van der Waals surface area contributed by atoms with Gasteiger partial charge in [0.05, 0.1) is 11.3 Å². The van der Waals surface area contributed by atoms with Gasteiger partial charge in [-0.1, -0.05) is 30.0 Å². The van der Waals surface area contributed by atoms with Crippen LogP contribution in [0.5, 0.6) is 5.75 Å². The number of hydrogen-bond acceptors (Lipinski definition) is 5. The highest BCUT2D eigenvalue weighted by molar-refractivity contribution is 8.00. The molecule has 1 heterocycles. The normalized spacial score (nSPS) is 12.8. The van der Waals surface area contributed by atoms with Crippen LogP contribution in [0, 0.1) is 32.1 Å². The third kappa shape index (κ3) is 4.28. The molecule has 0 amide bonds. The second kappa shape index (κ2) is 9.18. The van der Waals surface area contributed by atoms with E-state index >= 15 is 0 Å². The number of pyridine rings is 1. The minimum Gasteiger partial charge on any atom is -0.508 e. The fraction of sp³-hybridized carbons (Fsp3) is 0.296. The Bertz CT molecular complexity index is 1240. The number of aromatic nitrogens is 1. The van der Waals surface area contributed by atoms with Crippen molar-refractivity contribution < 1.29 is 9.90 Å². The van der Waals surface area contributed by atoms with Gasteiger partial charge in [0.1, 0.15) is 16.8 Å². The van der Waals surface area contributed by atoms with E-state index in [0.29, 0.717) is 10.6 Å². The standard InChI is InChI=1S/C27H26N2O2S/c1-16-12-18(3)22(13-17(16)2)25(31)15-32-27-23(14-28)26(19-8-10-20(30)11-9-19)21-6-4-5-7-24(21)29-27/h8-13,30H,4-7,15H2,1-3H3. The molecule has 0 atom stereocenters. The topological polar surface area (TPSA) is 74.0 Å². The number of carbonyl (C=O) groups is 1. The average Bonchev–Trinajstić information content (AvgIpc) is 2.79. The van der Waals surface area contributed by atoms with Crippen LogP contribution in [0.25, 0.3) is 11.1 Å². The number of rotatable bonds is 5. The van der Waals surface area contributed by atoms with Crippen LogP contribution < -0.4 is 0 Å². The van der Waals surface area contributed by atoms with E-state index in [0.717, 1.165) is 64.8 Å². The van der Waals surface area contributed by atoms with E-state index in [2.05, 4.69) is 6.07 Å². The molecule has 4 nitrogen and oxygen atoms in total. The van der Waals surface area contributed by atoms with Crippen LogP contribution in [0.3, 0.4) is 0 Å². The first kappa shape index (κ1) is 22.1. The second-order valence-corrected chi connectivity index (χ2v) is 9.39. The summed E-state index contributed by atoms with van der Waals surface area (Å²) in [5.41, 5.74) is 8.45. The Morgan fingerprint density at radius 3 is 2.47 bits per heavy atom. The maximum absolute atomic E-state index is 13.0. The Labute approximate surface area is 193 Å². The molecule has 0 unspecified atom stereocenters. The van der Waals surface area contributed by atoms with Gasteiger partial charge < -0.3 is 5.11 Å². The molecule has 0 spiro atoms. The zero-order valence-corrected chi connectivity index (χ0v) is 19.5. The summed E-state index contributed by atoms with van der Waals surface area (Å²) in [5, 5.41) is 20.4. The molecule has 1 aromatic heterocycles. The molecule has 32 heavy (non-hydrogen) atoms. The minimum atomic E-state index is 0.0465. The number of nitrogens with zero attached hydrogens (tertiary/aromatic N) is 2. The highest BCUT2D eigenvalue weighted by Crippen LogP contribution is 2.38. The molecule has 1 aliphatic carbocycles. The van der Waals surface area contributed by atoms with E-state index < -0.39 is 0 Å². The Morgan fingerprint density at radius 2 is 1.75 bits per heavy atom. The largest absolute Gasteiger partial charge is 0.508 e. The number of ketones is 1. The van der Waals surface area contributed by atoms with E-state index in [1.807, 2.05) is 45.0 Å². The number of Topliss-reactive ketones (excluding diaryl/α,β-unsaturated/α-hetero) is 1. The van der Waals surface area contributed by atoms with Gasteiger partial charge >= 0.3 is 0 Å². The lowest BCUT2D eigenvalue weighted by molar-refractivity contribution is 0.102. The van der Waals surface area contributed by atoms with Crippen molar-refractivity contribution in [2.75, 3.05) is 5.75 Å². The smallest absolute Gasteiger partial charge is 0.173 e. The number of aryl methyl sites for hydroxylation is 4. The van der Waals surface area contributed by atoms with E-state index in [1.54, 1.807) is 12.1 Å². The Hall–Kier alpha value is -3.10. The Morgan fingerprint density at radius 1 is 1.06 bits per heavy atom. The molecular formula is C27H26N2O2S. The van der Waals surface area contributed by atoms with Gasteiger partial charge in [-0.25, -0.2) is 4.98 Å². The molecule has 0 fully saturated rings. The van der Waals surface area contributed by atoms with Gasteiger partial charge in [0.2, 0.25) is 0 Å². The summed E-state index contributed by atoms with van der Waals surface area (Å²) in [6.07, 6.45) is 3.91. The zero-order valence-electron chi connectivity index (χ0n) is 18.7. The number of aromatic hydroxyl groups is 1. The SMILES string of the molecule is Cc1cc(C)c(C(=O)CSc2nc3c(c(-c4ccc(O)cc4)c2C#N)CCCC3)cc1C. The molecule has 4 rings (SSSR count). The van der Waals surface area contributed by atoms with Crippen molar-refractivity contribution in [3.8, 4) is 22.9 Å². The number of thioether (sulfide) groups is 1. The molecule has 162 valence electrons. The number of phenolic OH excluding ortho intramolecular Hbond substituents is 1. The van der Waals surface area contributed by atoms with Crippen LogP contribution in [-0.2, 0) is 12.8 Å². The quantitative estimate of drug-likeness (QED) is 0.381. The fourth-order valence-corrected chi connectivity index (χ4v) is 5.24. The van der Waals surface area contributed by atoms with Crippen molar-refractivity contribution in [1.29, 1.82) is 5.26 Å². The van der Waals surface area contributed by atoms with Crippen LogP contribution in [0.1, 0.15) is 56.7 Å². The van der Waals surface area contributed by atoms with E-state index in [9.17, 15) is 15.2 Å². The number of hydrogen-bond donors (Lipinski definition) is 1. The van der Waals surface area contributed by atoms with Crippen LogP contribution in [0.15, 0.2) is 41.4 Å². The Kier molecular flexibility index (Phi) is 6.34. The second-order valence-electron chi connectivity index (χ2n) is 8.42. The van der Waals surface area contributed by atoms with Gasteiger partial charge in [-0.3, -0.25) is 4.79 Å². The van der Waals surface area contributed by atoms with Crippen LogP contribution >= 0.6 is 11.8 Å². The van der Waals surface area contributed by atoms with Crippen molar-refractivity contribution in [2.45, 2.75) is 51.5 Å². The number of nitriles is 1. The fourth-order valence-electron chi connectivity index (χ4n) is 4.35. The van der Waals surface area contributed by atoms with E-state index in [4.69, 9.17) is 4.98 Å². The zero-order chi connectivity index (χ0) is 22.8. The van der Waals surface area contributed by atoms with Gasteiger partial charge in [0.25, 0.3) is 0 Å². The molecule has 1 aliphatic rings. The van der Waals surface area contributed by atoms with Crippen LogP contribution in [0.2, 0.25) is 0 Å². The lowest BCUT2D eigenvalue weighted by atomic mass is 9.87. The first-order chi connectivity index (χ1) is 15.4. The summed E-state index contributed by atoms with van der Waals surface area (Å²) in [6.45, 7) is 6.03. The highest BCUT2D eigenvalue weighted by Gasteiger charge is 2.24. The molecule has 0 aliphatic heterocycles. The Balaban J connectivity index is 1.72. The molecule has 0 saturated carbocycles. The number of benzene rings is 2. The summed E-state index contributed by atoms with van der Waals surface area (Å²) in [6, 6.07) is 13.3. The van der Waals surface area contributed by atoms with Crippen LogP contribution in [-0.4, -0.2) is 21.6 Å². The summed E-state index contributed by atoms with van der Waals surface area (Å²) in [4.78, 5) is 17.9. The molecule has 0 bridgehead atoms. The summed E-state index contributed by atoms with van der Waals surface area (Å²) >= 11 is 1.35. The van der Waals surface area contributed by atoms with Gasteiger partial charge in [-0.15, -0.1) is 0 Å². The third-order valence-electron chi connectivity index (χ3n) is 6.19. The van der Waals surface area contributed by atoms with Gasteiger partial charge in [-0.2, -0.15) is 5.26 Å². The monoisotopic (exact) mass is 442 g/mol. The maximum atomic E-state index is 13.0. The number of carbonyl (C=O) groups excluding carboxylic acids is 1. The lowest BCUT2D eigenvalue weighted by Crippen LogP contribution is -2.12. The van der Waals surface area contributed by atoms with Crippen LogP contribution in [0.4, 0.5) is 0 Å². The number of fused-ring (bicyclic) bond motifs is 1. The average molecular weight is 443 g/mol. The minimum absolute atomic E-state index is 0.0465. The first-order valence-corrected chi connectivity index (χ1v) is 11.9. The molecule has 0 saturated heterocycles. The molecular weight excluding hydrogens is 416 g/mol. The van der Waals surface area contributed by atoms with Gasteiger partial charge in [0, 0.05) is 16.8 Å². The molecule has 5 heteroatoms. The first-order valence-electron chi connectivity index (χ1n) is 10.9. The maximum Gasteiger partial charge on any atom is 0.173 e. The molecule has 2 aromatic carbocycles. The van der Waals surface area contributed by atoms with Crippen molar-refractivity contribution in [3.05, 3.63) is 75.5 Å². The predicted octanol–water partition coefficient (Wildman–Crippen LogP) is 6.10. The van der Waals surface area contributed by atoms with E-state index in [1.165, 1.54) is 17.3 Å². The predicted molar refractivity (Wildman–Crippen MR) is 128 cm³/mol. The number of phenols is 1.